The van der Waals surface area contributed by atoms with Gasteiger partial charge in [-0.1, -0.05) is 25.6 Å². The summed E-state index contributed by atoms with van der Waals surface area (Å²) in [5.41, 5.74) is -0.00871. The molecule has 0 aromatic carbocycles. The predicted octanol–water partition coefficient (Wildman–Crippen LogP) is 2.13. The molecule has 0 aliphatic rings. The summed E-state index contributed by atoms with van der Waals surface area (Å²) in [7, 11) is 1.63. The minimum atomic E-state index is -0.899. The Bertz CT molecular complexity index is 802. The molecule has 0 aliphatic carbocycles. The first-order chi connectivity index (χ1) is 12.9. The normalized spacial score (nSPS) is 13.2. The minimum absolute atomic E-state index is 0.0000913. The number of thioether (sulfide) groups is 1. The number of nitriles is 1. The Morgan fingerprint density at radius 2 is 2.11 bits per heavy atom. The third kappa shape index (κ3) is 5.28. The first-order valence-electron chi connectivity index (χ1n) is 8.59. The molecule has 2 aromatic heterocycles. The molecule has 0 saturated carbocycles. The Balaban J connectivity index is 2.13. The topological polar surface area (TPSA) is 106 Å². The number of methoxy groups -OCH3 is 1. The van der Waals surface area contributed by atoms with Crippen molar-refractivity contribution in [3.05, 3.63) is 24.5 Å². The van der Waals surface area contributed by atoms with E-state index in [9.17, 15) is 10.1 Å². The molecule has 8 nitrogen and oxygen atoms in total. The van der Waals surface area contributed by atoms with Gasteiger partial charge in [0.2, 0.25) is 5.91 Å². The van der Waals surface area contributed by atoms with Gasteiger partial charge in [-0.25, -0.2) is 0 Å². The van der Waals surface area contributed by atoms with E-state index >= 15 is 0 Å². The lowest BCUT2D eigenvalue weighted by molar-refractivity contribution is -0.120. The van der Waals surface area contributed by atoms with Gasteiger partial charge in [-0.05, 0) is 25.0 Å². The van der Waals surface area contributed by atoms with Gasteiger partial charge in [0.25, 0.3) is 0 Å². The zero-order valence-electron chi connectivity index (χ0n) is 16.0. The van der Waals surface area contributed by atoms with Gasteiger partial charge < -0.3 is 10.1 Å². The molecule has 0 bridgehead atoms. The smallest absolute Gasteiger partial charge is 0.231 e. The Morgan fingerprint density at radius 3 is 2.70 bits per heavy atom. The van der Waals surface area contributed by atoms with Crippen LogP contribution in [0.1, 0.15) is 20.8 Å². The molecule has 0 radical (unpaired) electrons. The van der Waals surface area contributed by atoms with Crippen LogP contribution in [0.25, 0.3) is 11.4 Å². The maximum absolute atomic E-state index is 12.3. The molecule has 1 atom stereocenters. The highest BCUT2D eigenvalue weighted by atomic mass is 32.2. The van der Waals surface area contributed by atoms with E-state index in [1.807, 2.05) is 30.5 Å². The molecule has 0 saturated heterocycles. The molecule has 0 fully saturated rings. The third-order valence-corrected chi connectivity index (χ3v) is 5.26. The summed E-state index contributed by atoms with van der Waals surface area (Å²) < 4.78 is 7.10. The quantitative estimate of drug-likeness (QED) is 0.656. The van der Waals surface area contributed by atoms with Crippen molar-refractivity contribution in [1.29, 1.82) is 5.26 Å². The van der Waals surface area contributed by atoms with Crippen molar-refractivity contribution in [3.63, 3.8) is 0 Å². The molecule has 144 valence electrons. The Kier molecular flexibility index (Phi) is 7.33. The second kappa shape index (κ2) is 9.48. The Morgan fingerprint density at radius 1 is 1.41 bits per heavy atom. The Hall–Kier alpha value is -2.44. The van der Waals surface area contributed by atoms with Gasteiger partial charge in [-0.2, -0.15) is 5.26 Å². The highest BCUT2D eigenvalue weighted by molar-refractivity contribution is 7.99. The zero-order valence-corrected chi connectivity index (χ0v) is 16.8. The SMILES string of the molecule is COCCn1c(SCC(=O)N[C@@](C)(C#N)C(C)C)nnc1-c1ccncc1. The number of amides is 1. The van der Waals surface area contributed by atoms with E-state index < -0.39 is 5.54 Å². The van der Waals surface area contributed by atoms with Gasteiger partial charge in [0.1, 0.15) is 5.54 Å². The van der Waals surface area contributed by atoms with E-state index in [-0.39, 0.29) is 17.6 Å². The average molecular weight is 388 g/mol. The fourth-order valence-corrected chi connectivity index (χ4v) is 3.02. The number of pyridine rings is 1. The number of hydrogen-bond donors (Lipinski definition) is 1. The van der Waals surface area contributed by atoms with Crippen molar-refractivity contribution in [2.24, 2.45) is 5.92 Å². The molecule has 2 rings (SSSR count). The van der Waals surface area contributed by atoms with Crippen molar-refractivity contribution < 1.29 is 9.53 Å². The maximum Gasteiger partial charge on any atom is 0.231 e. The number of carbonyl (C=O) groups excluding carboxylic acids is 1. The van der Waals surface area contributed by atoms with Crippen LogP contribution in [0.2, 0.25) is 0 Å². The number of carbonyl (C=O) groups is 1. The van der Waals surface area contributed by atoms with Crippen molar-refractivity contribution in [3.8, 4) is 17.5 Å². The van der Waals surface area contributed by atoms with E-state index in [0.29, 0.717) is 24.1 Å². The van der Waals surface area contributed by atoms with Crippen LogP contribution in [0, 0.1) is 17.2 Å². The molecule has 2 aromatic rings. The number of ether oxygens (including phenoxy) is 1. The summed E-state index contributed by atoms with van der Waals surface area (Å²) in [5, 5.41) is 21.3. The zero-order chi connectivity index (χ0) is 19.9. The van der Waals surface area contributed by atoms with E-state index in [0.717, 1.165) is 5.56 Å². The predicted molar refractivity (Wildman–Crippen MR) is 103 cm³/mol. The summed E-state index contributed by atoms with van der Waals surface area (Å²) in [6, 6.07) is 5.89. The second-order valence-electron chi connectivity index (χ2n) is 6.49. The van der Waals surface area contributed by atoms with Gasteiger partial charge in [0.05, 0.1) is 25.0 Å². The molecule has 2 heterocycles. The fraction of sp³-hybridized carbons (Fsp3) is 0.500. The third-order valence-electron chi connectivity index (χ3n) is 4.29. The van der Waals surface area contributed by atoms with E-state index in [4.69, 9.17) is 4.74 Å². The van der Waals surface area contributed by atoms with Crippen LogP contribution < -0.4 is 5.32 Å². The molecule has 9 heteroatoms. The van der Waals surface area contributed by atoms with E-state index in [1.165, 1.54) is 11.8 Å². The lowest BCUT2D eigenvalue weighted by Gasteiger charge is -2.27. The first kappa shape index (κ1) is 20.9. The van der Waals surface area contributed by atoms with Crippen molar-refractivity contribution >= 4 is 17.7 Å². The van der Waals surface area contributed by atoms with Crippen LogP contribution in [0.15, 0.2) is 29.7 Å². The van der Waals surface area contributed by atoms with Gasteiger partial charge in [0, 0.05) is 25.1 Å². The lowest BCUT2D eigenvalue weighted by atomic mass is 9.90. The average Bonchev–Trinajstić information content (AvgIpc) is 3.07. The largest absolute Gasteiger partial charge is 0.383 e. The van der Waals surface area contributed by atoms with Crippen molar-refractivity contribution in [1.82, 2.24) is 25.1 Å². The van der Waals surface area contributed by atoms with Crippen LogP contribution in [0.5, 0.6) is 0 Å². The number of nitrogens with one attached hydrogen (secondary N) is 1. The van der Waals surface area contributed by atoms with Crippen LogP contribution >= 0.6 is 11.8 Å². The summed E-state index contributed by atoms with van der Waals surface area (Å²) in [6.45, 7) is 6.59. The maximum atomic E-state index is 12.3. The van der Waals surface area contributed by atoms with E-state index in [1.54, 1.807) is 26.4 Å². The fourth-order valence-electron chi connectivity index (χ4n) is 2.25. The summed E-state index contributed by atoms with van der Waals surface area (Å²) in [6.07, 6.45) is 3.39. The highest BCUT2D eigenvalue weighted by Gasteiger charge is 2.30. The minimum Gasteiger partial charge on any atom is -0.383 e. The molecular formula is C18H24N6O2S. The van der Waals surface area contributed by atoms with E-state index in [2.05, 4.69) is 26.6 Å². The molecule has 0 spiro atoms. The number of hydrogen-bond acceptors (Lipinski definition) is 7. The summed E-state index contributed by atoms with van der Waals surface area (Å²) in [5.74, 6) is 0.622. The van der Waals surface area contributed by atoms with Crippen molar-refractivity contribution in [2.75, 3.05) is 19.5 Å². The molecule has 1 amide bonds. The van der Waals surface area contributed by atoms with Crippen LogP contribution in [-0.4, -0.2) is 50.7 Å². The number of nitrogens with zero attached hydrogens (tertiary/aromatic N) is 5. The van der Waals surface area contributed by atoms with Crippen LogP contribution in [0.3, 0.4) is 0 Å². The van der Waals surface area contributed by atoms with Gasteiger partial charge in [-0.3, -0.25) is 14.3 Å². The lowest BCUT2D eigenvalue weighted by Crippen LogP contribution is -2.49. The first-order valence-corrected chi connectivity index (χ1v) is 9.57. The Labute approximate surface area is 163 Å². The van der Waals surface area contributed by atoms with Crippen molar-refractivity contribution in [2.45, 2.75) is 38.0 Å². The summed E-state index contributed by atoms with van der Waals surface area (Å²) >= 11 is 1.28. The van der Waals surface area contributed by atoms with Crippen LogP contribution in [0.4, 0.5) is 0 Å². The monoisotopic (exact) mass is 388 g/mol. The van der Waals surface area contributed by atoms with Gasteiger partial charge >= 0.3 is 0 Å². The summed E-state index contributed by atoms with van der Waals surface area (Å²) in [4.78, 5) is 16.3. The second-order valence-corrected chi connectivity index (χ2v) is 7.43. The van der Waals surface area contributed by atoms with Gasteiger partial charge in [-0.15, -0.1) is 10.2 Å². The van der Waals surface area contributed by atoms with Crippen LogP contribution in [-0.2, 0) is 16.1 Å². The highest BCUT2D eigenvalue weighted by Crippen LogP contribution is 2.24. The molecule has 0 unspecified atom stereocenters. The standard InChI is InChI=1S/C18H24N6O2S/c1-13(2)18(3,12-19)21-15(25)11-27-17-23-22-16(24(17)9-10-26-4)14-5-7-20-8-6-14/h5-8,13H,9-11H2,1-4H3,(H,21,25)/t18-/m0/s1. The molecule has 1 N–H and O–H groups in total. The van der Waals surface area contributed by atoms with Gasteiger partial charge in [0.15, 0.2) is 11.0 Å². The number of rotatable bonds is 9. The number of aromatic nitrogens is 4. The molecule has 27 heavy (non-hydrogen) atoms. The molecular weight excluding hydrogens is 364 g/mol. The molecule has 0 aliphatic heterocycles.